The number of carbonyl (C=O) groups is 2. The largest absolute Gasteiger partial charge is 0.450 e. The number of anilines is 1. The molecule has 0 aliphatic carbocycles. The third-order valence-corrected chi connectivity index (χ3v) is 8.39. The number of nitrogens with zero attached hydrogens (tertiary/aromatic N) is 1. The molecule has 1 unspecified atom stereocenters. The molecule has 1 aliphatic rings. The minimum Gasteiger partial charge on any atom is -0.450 e. The fourth-order valence-electron chi connectivity index (χ4n) is 4.83. The number of hydrogen-bond acceptors (Lipinski definition) is 5. The van der Waals surface area contributed by atoms with Gasteiger partial charge in [-0.15, -0.1) is 0 Å². The Bertz CT molecular complexity index is 1430. The van der Waals surface area contributed by atoms with Crippen molar-refractivity contribution < 1.29 is 22.7 Å². The second-order valence-corrected chi connectivity index (χ2v) is 11.7. The van der Waals surface area contributed by atoms with Crippen molar-refractivity contribution in [3.05, 3.63) is 71.8 Å². The number of amides is 2. The average Bonchev–Trinajstić information content (AvgIpc) is 2.85. The smallest absolute Gasteiger partial charge is 0.409 e. The van der Waals surface area contributed by atoms with Gasteiger partial charge in [-0.3, -0.25) is 4.79 Å². The first-order chi connectivity index (χ1) is 17.5. The molecule has 9 heteroatoms. The molecular weight excluding hydrogens is 490 g/mol. The summed E-state index contributed by atoms with van der Waals surface area (Å²) in [5.74, 6) is -0.257. The van der Waals surface area contributed by atoms with Crippen LogP contribution < -0.4 is 10.0 Å². The summed E-state index contributed by atoms with van der Waals surface area (Å²) < 4.78 is 35.2. The zero-order valence-electron chi connectivity index (χ0n) is 21.6. The monoisotopic (exact) mass is 523 g/mol. The summed E-state index contributed by atoms with van der Waals surface area (Å²) in [6, 6.07) is 17.2. The lowest BCUT2D eigenvalue weighted by molar-refractivity contribution is 0.0578. The van der Waals surface area contributed by atoms with Gasteiger partial charge in [0.05, 0.1) is 11.5 Å². The van der Waals surface area contributed by atoms with Crippen molar-refractivity contribution in [1.82, 2.24) is 9.62 Å². The van der Waals surface area contributed by atoms with Gasteiger partial charge in [0.1, 0.15) is 0 Å². The van der Waals surface area contributed by atoms with E-state index in [4.69, 9.17) is 4.74 Å². The highest BCUT2D eigenvalue weighted by Crippen LogP contribution is 2.34. The first kappa shape index (κ1) is 26.6. The van der Waals surface area contributed by atoms with Gasteiger partial charge < -0.3 is 15.0 Å². The number of ether oxygens (including phenoxy) is 1. The van der Waals surface area contributed by atoms with Gasteiger partial charge in [0.15, 0.2) is 0 Å². The van der Waals surface area contributed by atoms with E-state index >= 15 is 0 Å². The number of sulfonamides is 1. The van der Waals surface area contributed by atoms with Crippen molar-refractivity contribution >= 4 is 38.5 Å². The highest BCUT2D eigenvalue weighted by molar-refractivity contribution is 7.89. The minimum absolute atomic E-state index is 0.139. The van der Waals surface area contributed by atoms with Gasteiger partial charge in [-0.05, 0) is 49.4 Å². The van der Waals surface area contributed by atoms with E-state index in [9.17, 15) is 18.0 Å². The van der Waals surface area contributed by atoms with Crippen LogP contribution in [0.15, 0.2) is 65.6 Å². The number of hydrogen-bond donors (Lipinski definition) is 2. The van der Waals surface area contributed by atoms with E-state index in [1.165, 1.54) is 6.07 Å². The molecule has 0 bridgehead atoms. The maximum Gasteiger partial charge on any atom is 0.409 e. The predicted molar refractivity (Wildman–Crippen MR) is 144 cm³/mol. The Labute approximate surface area is 218 Å². The van der Waals surface area contributed by atoms with Crippen LogP contribution in [0, 0.1) is 12.3 Å². The molecule has 0 aromatic heterocycles. The van der Waals surface area contributed by atoms with Crippen LogP contribution in [-0.4, -0.2) is 51.1 Å². The van der Waals surface area contributed by atoms with Crippen LogP contribution in [0.25, 0.3) is 10.8 Å². The van der Waals surface area contributed by atoms with E-state index in [2.05, 4.69) is 10.0 Å². The number of nitrogens with one attached hydrogen (secondary N) is 2. The predicted octanol–water partition coefficient (Wildman–Crippen LogP) is 4.94. The number of fused-ring (bicyclic) bond motifs is 1. The molecule has 1 fully saturated rings. The number of piperidine rings is 1. The van der Waals surface area contributed by atoms with Crippen molar-refractivity contribution in [2.45, 2.75) is 45.1 Å². The molecule has 1 heterocycles. The highest BCUT2D eigenvalue weighted by Gasteiger charge is 2.40. The standard InChI is InChI=1S/C28H33N3O5S/c1-5-36-27(33)31-17-16-25(28(3,4)18-31)30-37(34,35)24-15-14-23(21-12-8-9-13-22(21)24)29-26(32)20-11-7-6-10-19(20)2/h6-15,25,30H,5,16-18H2,1-4H3,(H,29,32). The minimum atomic E-state index is -3.91. The van der Waals surface area contributed by atoms with Crippen molar-refractivity contribution in [3.8, 4) is 0 Å². The highest BCUT2D eigenvalue weighted by atomic mass is 32.2. The van der Waals surface area contributed by atoms with Gasteiger partial charge >= 0.3 is 6.09 Å². The lowest BCUT2D eigenvalue weighted by Gasteiger charge is -2.43. The first-order valence-electron chi connectivity index (χ1n) is 12.4. The molecule has 2 N–H and O–H groups in total. The summed E-state index contributed by atoms with van der Waals surface area (Å²) in [4.78, 5) is 26.9. The molecular formula is C28H33N3O5S. The topological polar surface area (TPSA) is 105 Å². The van der Waals surface area contributed by atoms with Crippen LogP contribution in [0.4, 0.5) is 10.5 Å². The summed E-state index contributed by atoms with van der Waals surface area (Å²) in [5, 5.41) is 4.08. The van der Waals surface area contributed by atoms with Crippen LogP contribution in [0.5, 0.6) is 0 Å². The third kappa shape index (κ3) is 5.62. The zero-order valence-corrected chi connectivity index (χ0v) is 22.4. The molecule has 3 aromatic rings. The van der Waals surface area contributed by atoms with E-state index in [1.807, 2.05) is 39.0 Å². The Hall–Kier alpha value is -3.43. The van der Waals surface area contributed by atoms with Crippen LogP contribution in [-0.2, 0) is 14.8 Å². The molecule has 1 atom stereocenters. The van der Waals surface area contributed by atoms with Crippen LogP contribution >= 0.6 is 0 Å². The third-order valence-electron chi connectivity index (χ3n) is 6.86. The summed E-state index contributed by atoms with van der Waals surface area (Å²) in [5.41, 5.74) is 1.44. The molecule has 1 aliphatic heterocycles. The van der Waals surface area contributed by atoms with Crippen LogP contribution in [0.3, 0.4) is 0 Å². The number of likely N-dealkylation sites (tertiary alicyclic amines) is 1. The Morgan fingerprint density at radius 2 is 1.70 bits per heavy atom. The van der Waals surface area contributed by atoms with Gasteiger partial charge in [-0.1, -0.05) is 56.3 Å². The Kier molecular flexibility index (Phi) is 7.57. The lowest BCUT2D eigenvalue weighted by Crippen LogP contribution is -2.56. The fourth-order valence-corrected chi connectivity index (χ4v) is 6.48. The Balaban J connectivity index is 1.60. The second-order valence-electron chi connectivity index (χ2n) is 10.00. The molecule has 37 heavy (non-hydrogen) atoms. The number of rotatable bonds is 6. The molecule has 0 saturated carbocycles. The van der Waals surface area contributed by atoms with Crippen LogP contribution in [0.2, 0.25) is 0 Å². The van der Waals surface area contributed by atoms with Gasteiger partial charge in [0.2, 0.25) is 10.0 Å². The average molecular weight is 524 g/mol. The van der Waals surface area contributed by atoms with E-state index in [0.717, 1.165) is 5.56 Å². The SMILES string of the molecule is CCOC(=O)N1CCC(NS(=O)(=O)c2ccc(NC(=O)c3ccccc3C)c3ccccc23)C(C)(C)C1. The van der Waals surface area contributed by atoms with Gasteiger partial charge in [0.25, 0.3) is 5.91 Å². The molecule has 4 rings (SSSR count). The summed E-state index contributed by atoms with van der Waals surface area (Å²) in [6.45, 7) is 8.58. The van der Waals surface area contributed by atoms with Crippen molar-refractivity contribution in [1.29, 1.82) is 0 Å². The number of carbonyl (C=O) groups excluding carboxylic acids is 2. The number of benzene rings is 3. The molecule has 2 amide bonds. The maximum absolute atomic E-state index is 13.6. The Morgan fingerprint density at radius 1 is 1.03 bits per heavy atom. The van der Waals surface area contributed by atoms with Crippen molar-refractivity contribution in [2.75, 3.05) is 25.0 Å². The van der Waals surface area contributed by atoms with E-state index < -0.39 is 15.4 Å². The van der Waals surface area contributed by atoms with Crippen molar-refractivity contribution in [2.24, 2.45) is 5.41 Å². The fraction of sp³-hybridized carbons (Fsp3) is 0.357. The summed E-state index contributed by atoms with van der Waals surface area (Å²) >= 11 is 0. The molecule has 0 radical (unpaired) electrons. The second kappa shape index (κ2) is 10.5. The summed E-state index contributed by atoms with van der Waals surface area (Å²) in [6.07, 6.45) is 0.0827. The first-order valence-corrected chi connectivity index (χ1v) is 13.8. The van der Waals surface area contributed by atoms with E-state index in [-0.39, 0.29) is 22.9 Å². The zero-order chi connectivity index (χ0) is 26.8. The van der Waals surface area contributed by atoms with Gasteiger partial charge in [0, 0.05) is 41.2 Å². The van der Waals surface area contributed by atoms with Gasteiger partial charge in [-0.2, -0.15) is 0 Å². The molecule has 196 valence electrons. The maximum atomic E-state index is 13.6. The van der Waals surface area contributed by atoms with E-state index in [0.29, 0.717) is 48.1 Å². The van der Waals surface area contributed by atoms with Crippen LogP contribution in [0.1, 0.15) is 43.1 Å². The molecule has 0 spiro atoms. The molecule has 1 saturated heterocycles. The normalized spacial score (nSPS) is 17.4. The quantitative estimate of drug-likeness (QED) is 0.476. The van der Waals surface area contributed by atoms with Gasteiger partial charge in [-0.25, -0.2) is 17.9 Å². The molecule has 8 nitrogen and oxygen atoms in total. The Morgan fingerprint density at radius 3 is 2.38 bits per heavy atom. The van der Waals surface area contributed by atoms with E-state index in [1.54, 1.807) is 48.2 Å². The lowest BCUT2D eigenvalue weighted by atomic mass is 9.80. The van der Waals surface area contributed by atoms with Crippen molar-refractivity contribution in [3.63, 3.8) is 0 Å². The number of aryl methyl sites for hydroxylation is 1. The molecule has 3 aromatic carbocycles. The summed E-state index contributed by atoms with van der Waals surface area (Å²) in [7, 11) is -3.91.